The van der Waals surface area contributed by atoms with Gasteiger partial charge in [-0.25, -0.2) is 0 Å². The number of amides is 1. The molecule has 0 aliphatic carbocycles. The van der Waals surface area contributed by atoms with E-state index in [9.17, 15) is 4.79 Å². The highest BCUT2D eigenvalue weighted by atomic mass is 35.5. The molecule has 22 heavy (non-hydrogen) atoms. The lowest BCUT2D eigenvalue weighted by Crippen LogP contribution is -2.58. The van der Waals surface area contributed by atoms with Crippen molar-refractivity contribution < 1.29 is 9.53 Å². The number of hydrogen-bond acceptors (Lipinski definition) is 4. The molecule has 1 aliphatic heterocycles. The molecule has 2 rings (SSSR count). The van der Waals surface area contributed by atoms with Gasteiger partial charge in [-0.2, -0.15) is 0 Å². The van der Waals surface area contributed by atoms with Crippen molar-refractivity contribution in [1.82, 2.24) is 10.2 Å². The third-order valence-corrected chi connectivity index (χ3v) is 5.35. The number of carbonyl (C=O) groups is 1. The van der Waals surface area contributed by atoms with Gasteiger partial charge in [0.1, 0.15) is 4.34 Å². The lowest BCUT2D eigenvalue weighted by molar-refractivity contribution is -0.0948. The molecule has 0 saturated carbocycles. The van der Waals surface area contributed by atoms with Crippen LogP contribution in [0.25, 0.3) is 0 Å². The topological polar surface area (TPSA) is 41.6 Å². The molecule has 7 heteroatoms. The zero-order chi connectivity index (χ0) is 16.5. The maximum Gasteiger partial charge on any atom is 0.253 e. The number of carbonyl (C=O) groups excluding carboxylic acids is 1. The Hall–Kier alpha value is -0.330. The van der Waals surface area contributed by atoms with Crippen LogP contribution in [0.4, 0.5) is 0 Å². The molecule has 1 aromatic heterocycles. The van der Waals surface area contributed by atoms with Crippen molar-refractivity contribution in [3.63, 3.8) is 0 Å². The Morgan fingerprint density at radius 1 is 1.41 bits per heavy atom. The smallest absolute Gasteiger partial charge is 0.253 e. The van der Waals surface area contributed by atoms with Crippen LogP contribution in [0.1, 0.15) is 38.1 Å². The molecule has 1 fully saturated rings. The molecule has 1 aliphatic rings. The van der Waals surface area contributed by atoms with Gasteiger partial charge in [0.25, 0.3) is 5.91 Å². The maximum absolute atomic E-state index is 12.2. The fraction of sp³-hybridized carbons (Fsp3) is 0.667. The Labute approximate surface area is 145 Å². The third kappa shape index (κ3) is 4.36. The zero-order valence-electron chi connectivity index (χ0n) is 13.3. The average molecular weight is 365 g/mol. The number of rotatable bonds is 4. The lowest BCUT2D eigenvalue weighted by Gasteiger charge is -2.45. The zero-order valence-corrected chi connectivity index (χ0v) is 15.6. The molecule has 4 nitrogen and oxygen atoms in total. The van der Waals surface area contributed by atoms with E-state index in [0.29, 0.717) is 20.8 Å². The largest absolute Gasteiger partial charge is 0.373 e. The first kappa shape index (κ1) is 18.0. The first-order valence-corrected chi connectivity index (χ1v) is 8.90. The number of thiophene rings is 1. The monoisotopic (exact) mass is 364 g/mol. The molecule has 0 unspecified atom stereocenters. The summed E-state index contributed by atoms with van der Waals surface area (Å²) in [5, 5.41) is 2.96. The van der Waals surface area contributed by atoms with E-state index in [4.69, 9.17) is 27.9 Å². The second kappa shape index (κ2) is 7.05. The minimum absolute atomic E-state index is 0.158. The van der Waals surface area contributed by atoms with Gasteiger partial charge in [-0.3, -0.25) is 9.69 Å². The van der Waals surface area contributed by atoms with E-state index in [0.717, 1.165) is 13.1 Å². The summed E-state index contributed by atoms with van der Waals surface area (Å²) in [5.41, 5.74) is 0.282. The van der Waals surface area contributed by atoms with Crippen LogP contribution in [0.15, 0.2) is 6.07 Å². The Morgan fingerprint density at radius 2 is 2.00 bits per heavy atom. The molecule has 1 saturated heterocycles. The van der Waals surface area contributed by atoms with Crippen molar-refractivity contribution in [3.8, 4) is 0 Å². The van der Waals surface area contributed by atoms with Crippen molar-refractivity contribution >= 4 is 40.4 Å². The molecule has 1 amide bonds. The molecular weight excluding hydrogens is 343 g/mol. The molecular formula is C15H22Cl2N2O2S. The molecule has 124 valence electrons. The Balaban J connectivity index is 1.97. The van der Waals surface area contributed by atoms with Gasteiger partial charge in [0.2, 0.25) is 0 Å². The second-order valence-electron chi connectivity index (χ2n) is 6.40. The number of hydrogen-bond donors (Lipinski definition) is 1. The quantitative estimate of drug-likeness (QED) is 0.885. The standard InChI is InChI=1S/C15H22Cl2N2O2S/c1-9-6-19(7-10(2)21-9)15(3,4)8-18-14(20)11-5-12(16)22-13(11)17/h5,9-10H,6-8H2,1-4H3,(H,18,20)/t9-,10+. The highest BCUT2D eigenvalue weighted by Crippen LogP contribution is 2.31. The lowest BCUT2D eigenvalue weighted by atomic mass is 10.00. The van der Waals surface area contributed by atoms with Crippen LogP contribution in [0, 0.1) is 0 Å². The van der Waals surface area contributed by atoms with Crippen molar-refractivity contribution in [2.75, 3.05) is 19.6 Å². The summed E-state index contributed by atoms with van der Waals surface area (Å²) in [6.45, 7) is 10.7. The number of nitrogens with zero attached hydrogens (tertiary/aromatic N) is 1. The Bertz CT molecular complexity index is 538. The van der Waals surface area contributed by atoms with Crippen molar-refractivity contribution in [1.29, 1.82) is 0 Å². The van der Waals surface area contributed by atoms with Gasteiger partial charge in [-0.05, 0) is 33.8 Å². The Kier molecular flexibility index (Phi) is 5.78. The van der Waals surface area contributed by atoms with Crippen molar-refractivity contribution in [2.24, 2.45) is 0 Å². The highest BCUT2D eigenvalue weighted by Gasteiger charge is 2.33. The number of morpholine rings is 1. The summed E-state index contributed by atoms with van der Waals surface area (Å²) < 4.78 is 6.71. The molecule has 0 spiro atoms. The number of ether oxygens (including phenoxy) is 1. The summed E-state index contributed by atoms with van der Waals surface area (Å²) >= 11 is 13.1. The first-order chi connectivity index (χ1) is 10.2. The summed E-state index contributed by atoms with van der Waals surface area (Å²) in [4.78, 5) is 14.6. The molecule has 0 aromatic carbocycles. The third-order valence-electron chi connectivity index (χ3n) is 3.86. The van der Waals surface area contributed by atoms with Crippen LogP contribution >= 0.6 is 34.5 Å². The van der Waals surface area contributed by atoms with Crippen LogP contribution in [0.3, 0.4) is 0 Å². The average Bonchev–Trinajstić information content (AvgIpc) is 2.74. The van der Waals surface area contributed by atoms with E-state index >= 15 is 0 Å². The molecule has 2 atom stereocenters. The predicted octanol–water partition coefficient (Wildman–Crippen LogP) is 3.67. The maximum atomic E-state index is 12.2. The van der Waals surface area contributed by atoms with Crippen LogP contribution < -0.4 is 5.32 Å². The van der Waals surface area contributed by atoms with Crippen LogP contribution in [-0.4, -0.2) is 48.2 Å². The van der Waals surface area contributed by atoms with Crippen molar-refractivity contribution in [3.05, 3.63) is 20.3 Å². The summed E-state index contributed by atoms with van der Waals surface area (Å²) in [6.07, 6.45) is 0.396. The van der Waals surface area contributed by atoms with E-state index in [1.165, 1.54) is 11.3 Å². The van der Waals surface area contributed by atoms with Gasteiger partial charge in [0, 0.05) is 25.2 Å². The molecule has 1 aromatic rings. The van der Waals surface area contributed by atoms with Gasteiger partial charge >= 0.3 is 0 Å². The highest BCUT2D eigenvalue weighted by molar-refractivity contribution is 7.20. The number of nitrogens with one attached hydrogen (secondary N) is 1. The normalized spacial score (nSPS) is 23.5. The van der Waals surface area contributed by atoms with Gasteiger partial charge in [0.05, 0.1) is 22.1 Å². The fourth-order valence-corrected chi connectivity index (χ4v) is 4.13. The Morgan fingerprint density at radius 3 is 2.50 bits per heavy atom. The van der Waals surface area contributed by atoms with Gasteiger partial charge in [0.15, 0.2) is 0 Å². The minimum Gasteiger partial charge on any atom is -0.373 e. The van der Waals surface area contributed by atoms with Crippen LogP contribution in [0.5, 0.6) is 0 Å². The molecule has 2 heterocycles. The second-order valence-corrected chi connectivity index (χ2v) is 8.68. The van der Waals surface area contributed by atoms with Gasteiger partial charge < -0.3 is 10.1 Å². The fourth-order valence-electron chi connectivity index (χ4n) is 2.67. The van der Waals surface area contributed by atoms with E-state index in [2.05, 4.69) is 37.9 Å². The summed E-state index contributed by atoms with van der Waals surface area (Å²) in [7, 11) is 0. The SMILES string of the molecule is C[C@@H]1CN(C(C)(C)CNC(=O)c2cc(Cl)sc2Cl)C[C@H](C)O1. The predicted molar refractivity (Wildman–Crippen MR) is 92.3 cm³/mol. The van der Waals surface area contributed by atoms with E-state index in [1.54, 1.807) is 6.07 Å². The van der Waals surface area contributed by atoms with Crippen LogP contribution in [-0.2, 0) is 4.74 Å². The van der Waals surface area contributed by atoms with E-state index in [1.807, 2.05) is 0 Å². The van der Waals surface area contributed by atoms with Gasteiger partial charge in [-0.15, -0.1) is 11.3 Å². The van der Waals surface area contributed by atoms with Crippen molar-refractivity contribution in [2.45, 2.75) is 45.4 Å². The van der Waals surface area contributed by atoms with Gasteiger partial charge in [-0.1, -0.05) is 23.2 Å². The summed E-state index contributed by atoms with van der Waals surface area (Å²) in [6, 6.07) is 1.61. The molecule has 0 radical (unpaired) electrons. The van der Waals surface area contributed by atoms with Crippen LogP contribution in [0.2, 0.25) is 8.67 Å². The molecule has 0 bridgehead atoms. The minimum atomic E-state index is -0.185. The summed E-state index contributed by atoms with van der Waals surface area (Å²) in [5.74, 6) is -0.185. The van der Waals surface area contributed by atoms with E-state index in [-0.39, 0.29) is 23.7 Å². The first-order valence-electron chi connectivity index (χ1n) is 7.32. The molecule has 1 N–H and O–H groups in total. The number of halogens is 2. The van der Waals surface area contributed by atoms with E-state index < -0.39 is 0 Å².